The first-order valence-corrected chi connectivity index (χ1v) is 6.79. The number of nitrogens with two attached hydrogens (primary N) is 1. The van der Waals surface area contributed by atoms with Crippen LogP contribution in [0.15, 0.2) is 24.3 Å². The molecule has 0 aliphatic heterocycles. The number of benzene rings is 1. The maximum absolute atomic E-state index is 12.7. The highest BCUT2D eigenvalue weighted by atomic mass is 19.1. The minimum absolute atomic E-state index is 0.0820. The van der Waals surface area contributed by atoms with Crippen molar-refractivity contribution >= 4 is 5.91 Å². The minimum atomic E-state index is -0.467. The van der Waals surface area contributed by atoms with Crippen molar-refractivity contribution in [1.82, 2.24) is 4.90 Å². The van der Waals surface area contributed by atoms with E-state index < -0.39 is 6.04 Å². The molecule has 0 saturated carbocycles. The number of likely N-dealkylation sites (N-methyl/N-ethyl adjacent to an activating group) is 1. The van der Waals surface area contributed by atoms with E-state index in [0.717, 1.165) is 0 Å². The first kappa shape index (κ1) is 16.4. The van der Waals surface area contributed by atoms with Crippen LogP contribution >= 0.6 is 0 Å². The first-order valence-electron chi connectivity index (χ1n) is 6.79. The van der Waals surface area contributed by atoms with Crippen molar-refractivity contribution in [1.29, 1.82) is 0 Å². The molecule has 0 fully saturated rings. The topological polar surface area (TPSA) is 55.6 Å². The molecule has 0 radical (unpaired) electrons. The van der Waals surface area contributed by atoms with Gasteiger partial charge in [0, 0.05) is 7.05 Å². The van der Waals surface area contributed by atoms with E-state index in [1.54, 1.807) is 24.1 Å². The summed E-state index contributed by atoms with van der Waals surface area (Å²) < 4.78 is 18.2. The van der Waals surface area contributed by atoms with Gasteiger partial charge in [-0.3, -0.25) is 4.79 Å². The summed E-state index contributed by atoms with van der Waals surface area (Å²) in [5.41, 5.74) is 5.84. The minimum Gasteiger partial charge on any atom is -0.492 e. The summed E-state index contributed by atoms with van der Waals surface area (Å²) in [6.07, 6.45) is 0.669. The lowest BCUT2D eigenvalue weighted by atomic mass is 10.0. The van der Waals surface area contributed by atoms with Crippen LogP contribution in [0.1, 0.15) is 20.3 Å². The summed E-state index contributed by atoms with van der Waals surface area (Å²) in [6, 6.07) is 5.32. The second kappa shape index (κ2) is 7.85. The molecule has 0 heterocycles. The average molecular weight is 282 g/mol. The molecule has 0 bridgehead atoms. The highest BCUT2D eigenvalue weighted by molar-refractivity contribution is 5.81. The summed E-state index contributed by atoms with van der Waals surface area (Å²) in [5.74, 6) is 0.585. The maximum atomic E-state index is 12.7. The quantitative estimate of drug-likeness (QED) is 0.832. The second-order valence-corrected chi connectivity index (χ2v) is 5.30. The monoisotopic (exact) mass is 282 g/mol. The van der Waals surface area contributed by atoms with E-state index >= 15 is 0 Å². The largest absolute Gasteiger partial charge is 0.492 e. The molecule has 1 aromatic carbocycles. The molecule has 0 aromatic heterocycles. The Bertz CT molecular complexity index is 420. The van der Waals surface area contributed by atoms with Gasteiger partial charge in [-0.1, -0.05) is 13.8 Å². The van der Waals surface area contributed by atoms with Crippen LogP contribution < -0.4 is 10.5 Å². The fourth-order valence-electron chi connectivity index (χ4n) is 1.83. The molecule has 2 N–H and O–H groups in total. The predicted molar refractivity (Wildman–Crippen MR) is 77.0 cm³/mol. The van der Waals surface area contributed by atoms with Gasteiger partial charge in [-0.25, -0.2) is 4.39 Å². The Labute approximate surface area is 119 Å². The Morgan fingerprint density at radius 1 is 1.35 bits per heavy atom. The fraction of sp³-hybridized carbons (Fsp3) is 0.533. The van der Waals surface area contributed by atoms with Crippen LogP contribution in [0.5, 0.6) is 5.75 Å². The van der Waals surface area contributed by atoms with Gasteiger partial charge < -0.3 is 15.4 Å². The predicted octanol–water partition coefficient (Wildman–Crippen LogP) is 2.04. The van der Waals surface area contributed by atoms with Gasteiger partial charge in [0.2, 0.25) is 5.91 Å². The van der Waals surface area contributed by atoms with Crippen molar-refractivity contribution in [2.75, 3.05) is 20.2 Å². The van der Waals surface area contributed by atoms with Crippen LogP contribution in [-0.2, 0) is 4.79 Å². The molecule has 1 aromatic rings. The zero-order valence-corrected chi connectivity index (χ0v) is 12.3. The number of nitrogens with zero attached hydrogens (tertiary/aromatic N) is 1. The number of rotatable bonds is 7. The normalized spacial score (nSPS) is 12.3. The average Bonchev–Trinajstić information content (AvgIpc) is 2.39. The van der Waals surface area contributed by atoms with Gasteiger partial charge in [-0.2, -0.15) is 0 Å². The Morgan fingerprint density at radius 3 is 2.50 bits per heavy atom. The van der Waals surface area contributed by atoms with Crippen molar-refractivity contribution < 1.29 is 13.9 Å². The lowest BCUT2D eigenvalue weighted by Gasteiger charge is -2.22. The number of hydrogen-bond donors (Lipinski definition) is 1. The Balaban J connectivity index is 2.33. The number of hydrogen-bond acceptors (Lipinski definition) is 3. The molecular weight excluding hydrogens is 259 g/mol. The first-order chi connectivity index (χ1) is 9.40. The van der Waals surface area contributed by atoms with Crippen LogP contribution in [0.4, 0.5) is 4.39 Å². The van der Waals surface area contributed by atoms with Gasteiger partial charge in [-0.15, -0.1) is 0 Å². The van der Waals surface area contributed by atoms with Crippen molar-refractivity contribution in [2.45, 2.75) is 26.3 Å². The van der Waals surface area contributed by atoms with Gasteiger partial charge in [0.1, 0.15) is 18.2 Å². The van der Waals surface area contributed by atoms with Gasteiger partial charge in [0.05, 0.1) is 12.6 Å². The third-order valence-corrected chi connectivity index (χ3v) is 2.93. The Hall–Kier alpha value is -1.62. The van der Waals surface area contributed by atoms with Crippen LogP contribution in [0, 0.1) is 11.7 Å². The van der Waals surface area contributed by atoms with Crippen molar-refractivity contribution in [3.8, 4) is 5.75 Å². The zero-order valence-electron chi connectivity index (χ0n) is 12.3. The number of ether oxygens (including phenoxy) is 1. The molecule has 0 saturated heterocycles. The summed E-state index contributed by atoms with van der Waals surface area (Å²) in [6.45, 7) is 4.86. The molecule has 0 aliphatic carbocycles. The molecule has 5 heteroatoms. The second-order valence-electron chi connectivity index (χ2n) is 5.30. The number of carbonyl (C=O) groups excluding carboxylic acids is 1. The molecule has 1 atom stereocenters. The summed E-state index contributed by atoms with van der Waals surface area (Å²) in [4.78, 5) is 13.5. The van der Waals surface area contributed by atoms with E-state index in [1.807, 2.05) is 13.8 Å². The standard InChI is InChI=1S/C15H23FN2O2/c1-11(2)10-14(17)15(19)18(3)8-9-20-13-6-4-12(16)5-7-13/h4-7,11,14H,8-10,17H2,1-3H3/t14-/m1/s1. The van der Waals surface area contributed by atoms with Crippen LogP contribution in [0.25, 0.3) is 0 Å². The van der Waals surface area contributed by atoms with Gasteiger partial charge in [-0.05, 0) is 36.6 Å². The molecule has 1 rings (SSSR count). The van der Waals surface area contributed by atoms with E-state index in [2.05, 4.69) is 0 Å². The van der Waals surface area contributed by atoms with Crippen molar-refractivity contribution in [3.63, 3.8) is 0 Å². The third-order valence-electron chi connectivity index (χ3n) is 2.93. The number of halogens is 1. The van der Waals surface area contributed by atoms with E-state index in [4.69, 9.17) is 10.5 Å². The molecule has 112 valence electrons. The molecule has 0 aliphatic rings. The SMILES string of the molecule is CC(C)C[C@@H](N)C(=O)N(C)CCOc1ccc(F)cc1. The third kappa shape index (κ3) is 5.57. The highest BCUT2D eigenvalue weighted by Crippen LogP contribution is 2.11. The van der Waals surface area contributed by atoms with E-state index in [-0.39, 0.29) is 11.7 Å². The summed E-state index contributed by atoms with van der Waals surface area (Å²) in [7, 11) is 1.70. The van der Waals surface area contributed by atoms with Crippen LogP contribution in [0.2, 0.25) is 0 Å². The number of amides is 1. The molecule has 1 amide bonds. The summed E-state index contributed by atoms with van der Waals surface area (Å²) >= 11 is 0. The molecule has 4 nitrogen and oxygen atoms in total. The maximum Gasteiger partial charge on any atom is 0.239 e. The van der Waals surface area contributed by atoms with Crippen molar-refractivity contribution in [2.24, 2.45) is 11.7 Å². The highest BCUT2D eigenvalue weighted by Gasteiger charge is 2.18. The number of carbonyl (C=O) groups is 1. The molecule has 0 spiro atoms. The Kier molecular flexibility index (Phi) is 6.45. The lowest BCUT2D eigenvalue weighted by Crippen LogP contribution is -2.43. The van der Waals surface area contributed by atoms with Crippen LogP contribution in [0.3, 0.4) is 0 Å². The van der Waals surface area contributed by atoms with E-state index in [1.165, 1.54) is 12.1 Å². The van der Waals surface area contributed by atoms with Crippen LogP contribution in [-0.4, -0.2) is 37.0 Å². The van der Waals surface area contributed by atoms with Crippen molar-refractivity contribution in [3.05, 3.63) is 30.1 Å². The Morgan fingerprint density at radius 2 is 1.95 bits per heavy atom. The smallest absolute Gasteiger partial charge is 0.239 e. The van der Waals surface area contributed by atoms with E-state index in [9.17, 15) is 9.18 Å². The zero-order chi connectivity index (χ0) is 15.1. The van der Waals surface area contributed by atoms with Gasteiger partial charge in [0.25, 0.3) is 0 Å². The summed E-state index contributed by atoms with van der Waals surface area (Å²) in [5, 5.41) is 0. The molecule has 0 unspecified atom stereocenters. The molecule has 20 heavy (non-hydrogen) atoms. The fourth-order valence-corrected chi connectivity index (χ4v) is 1.83. The van der Waals surface area contributed by atoms with E-state index in [0.29, 0.717) is 31.2 Å². The van der Waals surface area contributed by atoms with Gasteiger partial charge >= 0.3 is 0 Å². The van der Waals surface area contributed by atoms with Gasteiger partial charge in [0.15, 0.2) is 0 Å². The molecular formula is C15H23FN2O2. The lowest BCUT2D eigenvalue weighted by molar-refractivity contribution is -0.131.